The lowest BCUT2D eigenvalue weighted by Crippen LogP contribution is -2.24. The number of rotatable bonds is 0. The highest BCUT2D eigenvalue weighted by Gasteiger charge is 2.18. The number of benzene rings is 1. The van der Waals surface area contributed by atoms with Gasteiger partial charge in [-0.05, 0) is 37.3 Å². The van der Waals surface area contributed by atoms with Crippen LogP contribution in [0.5, 0.6) is 0 Å². The molecule has 3 aromatic heterocycles. The van der Waals surface area contributed by atoms with Gasteiger partial charge in [-0.3, -0.25) is 0 Å². The maximum absolute atomic E-state index is 8.47. The molecule has 6 nitrogen and oxygen atoms in total. The maximum atomic E-state index is 8.47. The summed E-state index contributed by atoms with van der Waals surface area (Å²) in [5.74, 6) is 0. The summed E-state index contributed by atoms with van der Waals surface area (Å²) in [6.07, 6.45) is 9.63. The molecule has 3 N–H and O–H groups in total. The van der Waals surface area contributed by atoms with E-state index >= 15 is 0 Å². The molecule has 0 spiro atoms. The molecular weight excluding hydrogens is 318 g/mol. The molecule has 1 aromatic carbocycles. The fourth-order valence-electron chi connectivity index (χ4n) is 3.76. The molecule has 1 aliphatic rings. The lowest BCUT2D eigenvalue weighted by Gasteiger charge is -2.13. The number of hydrogen-bond acceptors (Lipinski definition) is 1. The number of nitrogens with zero attached hydrogens (tertiary/aromatic N) is 2. The number of H-pyrrole nitrogens is 1. The summed E-state index contributed by atoms with van der Waals surface area (Å²) < 4.78 is 2.28. The molecule has 4 aromatic rings. The first-order valence-electron chi connectivity index (χ1n) is 8.35. The molecule has 5 rings (SSSR count). The van der Waals surface area contributed by atoms with Crippen molar-refractivity contribution >= 4 is 27.3 Å². The second-order valence-corrected chi connectivity index (χ2v) is 6.35. The van der Waals surface area contributed by atoms with Crippen LogP contribution < -0.4 is 4.40 Å². The van der Waals surface area contributed by atoms with Gasteiger partial charge in [0.25, 0.3) is 0 Å². The van der Waals surface area contributed by atoms with Gasteiger partial charge < -0.3 is 4.98 Å². The maximum Gasteiger partial charge on any atom is 0.472 e. The zero-order valence-corrected chi connectivity index (χ0v) is 13.6. The van der Waals surface area contributed by atoms with Gasteiger partial charge in [0.15, 0.2) is 12.4 Å². The molecule has 0 aliphatic heterocycles. The SMILES string of the molecule is O=[N+](O)O.c1ccc2c(c1)[nH]c1c2cc[n+]2cc3c(cc12)CCCC3. The monoisotopic (exact) mass is 337 g/mol. The van der Waals surface area contributed by atoms with Crippen molar-refractivity contribution in [1.29, 1.82) is 0 Å². The van der Waals surface area contributed by atoms with Crippen LogP contribution in [0.3, 0.4) is 0 Å². The van der Waals surface area contributed by atoms with E-state index in [2.05, 4.69) is 58.2 Å². The van der Waals surface area contributed by atoms with Crippen LogP contribution in [0, 0.1) is 4.91 Å². The minimum Gasteiger partial charge on any atom is -0.349 e. The Labute approximate surface area is 143 Å². The van der Waals surface area contributed by atoms with Crippen molar-refractivity contribution in [3.63, 3.8) is 0 Å². The highest BCUT2D eigenvalue weighted by Crippen LogP contribution is 2.28. The number of nitrogens with one attached hydrogen (secondary N) is 1. The van der Waals surface area contributed by atoms with Gasteiger partial charge in [0.05, 0.1) is 0 Å². The fraction of sp³-hybridized carbons (Fsp3) is 0.211. The standard InChI is InChI=1S/C19H16N2.H2NO3/c1-2-6-14-12-21-10-9-16-15-7-3-4-8-17(15)20-19(16)18(21)11-13(14)5-1;2-1(3)4/h3-4,7-12H,1-2,5-6H2;(H2,2,3,4)/q;+1/p+1. The zero-order valence-electron chi connectivity index (χ0n) is 13.6. The molecule has 25 heavy (non-hydrogen) atoms. The van der Waals surface area contributed by atoms with Crippen molar-refractivity contribution < 1.29 is 19.9 Å². The zero-order chi connectivity index (χ0) is 17.4. The Morgan fingerprint density at radius 3 is 2.52 bits per heavy atom. The van der Waals surface area contributed by atoms with Crippen LogP contribution >= 0.6 is 0 Å². The van der Waals surface area contributed by atoms with Crippen LogP contribution in [0.4, 0.5) is 0 Å². The summed E-state index contributed by atoms with van der Waals surface area (Å²) in [6.45, 7) is 0. The van der Waals surface area contributed by atoms with Gasteiger partial charge in [0, 0.05) is 34.0 Å². The number of para-hydroxylation sites is 1. The third-order valence-electron chi connectivity index (χ3n) is 4.84. The lowest BCUT2D eigenvalue weighted by molar-refractivity contribution is -0.969. The molecule has 0 bridgehead atoms. The number of fused-ring (bicyclic) bond motifs is 6. The van der Waals surface area contributed by atoms with E-state index in [1.165, 1.54) is 64.1 Å². The van der Waals surface area contributed by atoms with Crippen molar-refractivity contribution in [1.82, 2.24) is 4.98 Å². The normalized spacial score (nSPS) is 13.4. The van der Waals surface area contributed by atoms with E-state index in [1.807, 2.05) is 0 Å². The third kappa shape index (κ3) is 2.76. The summed E-state index contributed by atoms with van der Waals surface area (Å²) in [7, 11) is 0. The minimum absolute atomic E-state index is 1.22. The van der Waals surface area contributed by atoms with E-state index in [4.69, 9.17) is 15.3 Å². The summed E-state index contributed by atoms with van der Waals surface area (Å²) >= 11 is 0. The first kappa shape index (κ1) is 15.4. The smallest absolute Gasteiger partial charge is 0.349 e. The van der Waals surface area contributed by atoms with Crippen molar-refractivity contribution in [2.75, 3.05) is 0 Å². The highest BCUT2D eigenvalue weighted by atomic mass is 16.9. The summed E-state index contributed by atoms with van der Waals surface area (Å²) in [6, 6.07) is 13.2. The topological polar surface area (TPSA) is 80.4 Å². The van der Waals surface area contributed by atoms with Crippen LogP contribution in [-0.2, 0) is 12.8 Å². The van der Waals surface area contributed by atoms with Crippen molar-refractivity contribution in [3.05, 3.63) is 64.8 Å². The van der Waals surface area contributed by atoms with Gasteiger partial charge in [-0.15, -0.1) is 0 Å². The lowest BCUT2D eigenvalue weighted by atomic mass is 9.93. The molecule has 0 saturated carbocycles. The van der Waals surface area contributed by atoms with Gasteiger partial charge in [0.2, 0.25) is 5.52 Å². The largest absolute Gasteiger partial charge is 0.472 e. The molecule has 0 atom stereocenters. The van der Waals surface area contributed by atoms with Gasteiger partial charge in [0.1, 0.15) is 10.4 Å². The predicted octanol–water partition coefficient (Wildman–Crippen LogP) is 3.48. The van der Waals surface area contributed by atoms with E-state index in [-0.39, 0.29) is 0 Å². The second kappa shape index (κ2) is 6.05. The molecule has 0 unspecified atom stereocenters. The fourth-order valence-corrected chi connectivity index (χ4v) is 3.76. The van der Waals surface area contributed by atoms with Crippen LogP contribution in [0.15, 0.2) is 48.8 Å². The number of aromatic nitrogens is 2. The van der Waals surface area contributed by atoms with E-state index in [0.29, 0.717) is 0 Å². The van der Waals surface area contributed by atoms with Gasteiger partial charge in [-0.1, -0.05) is 18.2 Å². The quantitative estimate of drug-likeness (QED) is 0.339. The Balaban J connectivity index is 0.000000358. The molecule has 126 valence electrons. The van der Waals surface area contributed by atoms with E-state index in [0.717, 1.165) is 0 Å². The number of hydrogen-bond donors (Lipinski definition) is 3. The predicted molar refractivity (Wildman–Crippen MR) is 92.8 cm³/mol. The van der Waals surface area contributed by atoms with E-state index < -0.39 is 5.09 Å². The van der Waals surface area contributed by atoms with Gasteiger partial charge in [-0.25, -0.2) is 10.4 Å². The Bertz CT molecular complexity index is 1100. The number of pyridine rings is 2. The van der Waals surface area contributed by atoms with Gasteiger partial charge in [-0.2, -0.15) is 4.40 Å². The Morgan fingerprint density at radius 1 is 1.00 bits per heavy atom. The highest BCUT2D eigenvalue weighted by molar-refractivity contribution is 6.10. The molecule has 1 aliphatic carbocycles. The van der Waals surface area contributed by atoms with E-state index in [9.17, 15) is 0 Å². The van der Waals surface area contributed by atoms with Crippen molar-refractivity contribution in [3.8, 4) is 0 Å². The summed E-state index contributed by atoms with van der Waals surface area (Å²) in [5, 5.41) is 15.2. The third-order valence-corrected chi connectivity index (χ3v) is 4.84. The van der Waals surface area contributed by atoms with E-state index in [1.54, 1.807) is 0 Å². The average Bonchev–Trinajstić information content (AvgIpc) is 2.99. The molecule has 0 radical (unpaired) electrons. The molecule has 6 heteroatoms. The van der Waals surface area contributed by atoms with Crippen LogP contribution in [0.2, 0.25) is 0 Å². The molecule has 0 saturated heterocycles. The van der Waals surface area contributed by atoms with Crippen LogP contribution in [0.25, 0.3) is 27.3 Å². The molecular formula is C19H19N3O3+2. The van der Waals surface area contributed by atoms with Gasteiger partial charge >= 0.3 is 5.09 Å². The molecule has 0 fully saturated rings. The Kier molecular flexibility index (Phi) is 3.72. The van der Waals surface area contributed by atoms with Crippen molar-refractivity contribution in [2.24, 2.45) is 0 Å². The van der Waals surface area contributed by atoms with Crippen LogP contribution in [0.1, 0.15) is 24.0 Å². The Hall–Kier alpha value is -3.15. The number of aryl methyl sites for hydroxylation is 2. The first-order valence-corrected chi connectivity index (χ1v) is 8.35. The molecule has 0 amide bonds. The Morgan fingerprint density at radius 2 is 1.72 bits per heavy atom. The average molecular weight is 337 g/mol. The number of aromatic amines is 1. The van der Waals surface area contributed by atoms with Crippen molar-refractivity contribution in [2.45, 2.75) is 25.7 Å². The molecule has 3 heterocycles. The summed E-state index contributed by atoms with van der Waals surface area (Å²) in [4.78, 5) is 12.1. The second-order valence-electron chi connectivity index (χ2n) is 6.35. The summed E-state index contributed by atoms with van der Waals surface area (Å²) in [5.41, 5.74) is 6.83. The first-order chi connectivity index (χ1) is 12.1. The minimum atomic E-state index is -1.25. The van der Waals surface area contributed by atoms with Crippen LogP contribution in [-0.4, -0.2) is 20.5 Å².